The van der Waals surface area contributed by atoms with Crippen molar-refractivity contribution in [3.63, 3.8) is 0 Å². The molecule has 0 aliphatic carbocycles. The molecule has 8 heteroatoms. The molecular weight excluding hydrogens is 520 g/mol. The predicted octanol–water partition coefficient (Wildman–Crippen LogP) is 5.30. The van der Waals surface area contributed by atoms with Crippen molar-refractivity contribution in [2.45, 2.75) is 31.7 Å². The third-order valence-electron chi connectivity index (χ3n) is 7.01. The molecule has 5 rings (SSSR count). The molecule has 0 saturated heterocycles. The highest BCUT2D eigenvalue weighted by Crippen LogP contribution is 2.40. The van der Waals surface area contributed by atoms with Gasteiger partial charge in [-0.3, -0.25) is 4.79 Å². The maximum Gasteiger partial charge on any atom is 0.326 e. The van der Waals surface area contributed by atoms with Gasteiger partial charge in [-0.15, -0.1) is 0 Å². The van der Waals surface area contributed by atoms with E-state index in [0.29, 0.717) is 33.9 Å². The van der Waals surface area contributed by atoms with Crippen molar-refractivity contribution < 1.29 is 28.9 Å². The highest BCUT2D eigenvalue weighted by atomic mass is 16.5. The van der Waals surface area contributed by atoms with Crippen LogP contribution in [-0.4, -0.2) is 35.0 Å². The van der Waals surface area contributed by atoms with Crippen molar-refractivity contribution in [3.05, 3.63) is 125 Å². The van der Waals surface area contributed by atoms with Crippen molar-refractivity contribution in [1.29, 1.82) is 5.26 Å². The number of amides is 1. The number of carbonyl (C=O) groups is 2. The highest BCUT2D eigenvalue weighted by Gasteiger charge is 2.40. The maximum absolute atomic E-state index is 14.1. The summed E-state index contributed by atoms with van der Waals surface area (Å²) in [6.45, 7) is 0.333. The normalized spacial score (nSPS) is 14.7. The number of carboxylic acids is 1. The first-order valence-corrected chi connectivity index (χ1v) is 13.1. The van der Waals surface area contributed by atoms with Gasteiger partial charge in [0, 0.05) is 24.1 Å². The van der Waals surface area contributed by atoms with Gasteiger partial charge in [0.2, 0.25) is 6.10 Å². The Kier molecular flexibility index (Phi) is 8.16. The summed E-state index contributed by atoms with van der Waals surface area (Å²) in [5.41, 5.74) is 3.46. The number of nitriles is 1. The van der Waals surface area contributed by atoms with Gasteiger partial charge in [-0.2, -0.15) is 5.26 Å². The Labute approximate surface area is 237 Å². The summed E-state index contributed by atoms with van der Waals surface area (Å²) in [4.78, 5) is 28.0. The summed E-state index contributed by atoms with van der Waals surface area (Å²) in [5, 5.41) is 19.4. The van der Waals surface area contributed by atoms with Crippen LogP contribution in [0.5, 0.6) is 17.2 Å². The standard InChI is InChI=1S/C33H28N2O6/c1-39-29-17-14-25-20-35(28(33(37)38)18-27(25)31(29)40-21-23-8-4-2-5-9-23)32(36)30(24-10-6-3-7-11-24)41-26-15-12-22(19-34)13-16-26/h2-17,28,30H,18,20-21H2,1H3,(H,37,38). The lowest BCUT2D eigenvalue weighted by molar-refractivity contribution is -0.155. The van der Waals surface area contributed by atoms with Crippen LogP contribution in [0.15, 0.2) is 97.1 Å². The molecule has 0 bridgehead atoms. The summed E-state index contributed by atoms with van der Waals surface area (Å²) < 4.78 is 17.9. The van der Waals surface area contributed by atoms with E-state index in [2.05, 4.69) is 6.07 Å². The Morgan fingerprint density at radius 3 is 2.29 bits per heavy atom. The molecular formula is C33H28N2O6. The Morgan fingerprint density at radius 1 is 0.976 bits per heavy atom. The van der Waals surface area contributed by atoms with Gasteiger partial charge >= 0.3 is 5.97 Å². The van der Waals surface area contributed by atoms with E-state index in [-0.39, 0.29) is 19.6 Å². The van der Waals surface area contributed by atoms with Gasteiger partial charge in [0.1, 0.15) is 18.4 Å². The number of benzene rings is 4. The fraction of sp³-hybridized carbons (Fsp3) is 0.182. The first-order chi connectivity index (χ1) is 20.0. The SMILES string of the molecule is COc1ccc2c(c1OCc1ccccc1)CC(C(=O)O)N(C(=O)C(Oc1ccc(C#N)cc1)c1ccccc1)C2. The molecule has 4 aromatic carbocycles. The second-order valence-electron chi connectivity index (χ2n) is 9.58. The van der Waals surface area contributed by atoms with E-state index < -0.39 is 24.0 Å². The van der Waals surface area contributed by atoms with Gasteiger partial charge in [-0.25, -0.2) is 4.79 Å². The summed E-state index contributed by atoms with van der Waals surface area (Å²) in [6.07, 6.45) is -1.06. The number of hydrogen-bond acceptors (Lipinski definition) is 6. The second-order valence-corrected chi connectivity index (χ2v) is 9.58. The molecule has 41 heavy (non-hydrogen) atoms. The average Bonchev–Trinajstić information content (AvgIpc) is 3.02. The fourth-order valence-corrected chi connectivity index (χ4v) is 4.90. The average molecular weight is 549 g/mol. The molecule has 1 N–H and O–H groups in total. The van der Waals surface area contributed by atoms with Crippen LogP contribution in [0, 0.1) is 11.3 Å². The van der Waals surface area contributed by atoms with Crippen LogP contribution in [-0.2, 0) is 29.2 Å². The van der Waals surface area contributed by atoms with E-state index in [1.807, 2.05) is 42.5 Å². The lowest BCUT2D eigenvalue weighted by atomic mass is 9.91. The molecule has 1 heterocycles. The zero-order chi connectivity index (χ0) is 28.8. The van der Waals surface area contributed by atoms with Crippen molar-refractivity contribution in [2.75, 3.05) is 7.11 Å². The number of aliphatic carboxylic acids is 1. The van der Waals surface area contributed by atoms with Gasteiger partial charge in [-0.1, -0.05) is 66.7 Å². The Bertz CT molecular complexity index is 1570. The molecule has 8 nitrogen and oxygen atoms in total. The smallest absolute Gasteiger partial charge is 0.326 e. The van der Waals surface area contributed by atoms with Crippen molar-refractivity contribution in [3.8, 4) is 23.3 Å². The number of hydrogen-bond donors (Lipinski definition) is 1. The summed E-state index contributed by atoms with van der Waals surface area (Å²) in [5.74, 6) is -0.264. The Morgan fingerprint density at radius 2 is 1.66 bits per heavy atom. The molecule has 0 aromatic heterocycles. The van der Waals surface area contributed by atoms with Crippen LogP contribution < -0.4 is 14.2 Å². The van der Waals surface area contributed by atoms with E-state index in [1.54, 1.807) is 54.6 Å². The van der Waals surface area contributed by atoms with E-state index in [4.69, 9.17) is 19.5 Å². The summed E-state index contributed by atoms with van der Waals surface area (Å²) >= 11 is 0. The number of methoxy groups -OCH3 is 1. The molecule has 4 aromatic rings. The molecule has 2 atom stereocenters. The van der Waals surface area contributed by atoms with Gasteiger partial charge in [0.15, 0.2) is 11.5 Å². The number of nitrogens with zero attached hydrogens (tertiary/aromatic N) is 2. The van der Waals surface area contributed by atoms with E-state index in [1.165, 1.54) is 12.0 Å². The van der Waals surface area contributed by atoms with Crippen LogP contribution >= 0.6 is 0 Å². The maximum atomic E-state index is 14.1. The lowest BCUT2D eigenvalue weighted by Gasteiger charge is -2.37. The molecule has 0 radical (unpaired) electrons. The van der Waals surface area contributed by atoms with E-state index in [0.717, 1.165) is 11.1 Å². The molecule has 0 fully saturated rings. The molecule has 206 valence electrons. The number of carboxylic acid groups (broad SMARTS) is 1. The minimum atomic E-state index is -1.16. The molecule has 1 aliphatic rings. The quantitative estimate of drug-likeness (QED) is 0.302. The number of carbonyl (C=O) groups excluding carboxylic acids is 1. The first kappa shape index (κ1) is 27.3. The van der Waals surface area contributed by atoms with Gasteiger partial charge < -0.3 is 24.2 Å². The first-order valence-electron chi connectivity index (χ1n) is 13.1. The van der Waals surface area contributed by atoms with Crippen molar-refractivity contribution in [2.24, 2.45) is 0 Å². The van der Waals surface area contributed by atoms with E-state index in [9.17, 15) is 14.7 Å². The van der Waals surface area contributed by atoms with Crippen LogP contribution in [0.4, 0.5) is 0 Å². The number of ether oxygens (including phenoxy) is 3. The monoisotopic (exact) mass is 548 g/mol. The van der Waals surface area contributed by atoms with Crippen molar-refractivity contribution in [1.82, 2.24) is 4.90 Å². The molecule has 2 unspecified atom stereocenters. The molecule has 1 aliphatic heterocycles. The minimum absolute atomic E-state index is 0.0378. The topological polar surface area (TPSA) is 109 Å². The molecule has 0 saturated carbocycles. The Balaban J connectivity index is 1.48. The van der Waals surface area contributed by atoms with Crippen LogP contribution in [0.25, 0.3) is 0 Å². The van der Waals surface area contributed by atoms with Gasteiger partial charge in [0.05, 0.1) is 18.7 Å². The number of rotatable bonds is 9. The van der Waals surface area contributed by atoms with Crippen molar-refractivity contribution >= 4 is 11.9 Å². The lowest BCUT2D eigenvalue weighted by Crippen LogP contribution is -2.51. The largest absolute Gasteiger partial charge is 0.493 e. The van der Waals surface area contributed by atoms with Gasteiger partial charge in [-0.05, 0) is 41.5 Å². The summed E-state index contributed by atoms with van der Waals surface area (Å²) in [7, 11) is 1.54. The molecule has 0 spiro atoms. The highest BCUT2D eigenvalue weighted by molar-refractivity contribution is 5.88. The third kappa shape index (κ3) is 5.99. The molecule has 1 amide bonds. The predicted molar refractivity (Wildman–Crippen MR) is 150 cm³/mol. The zero-order valence-corrected chi connectivity index (χ0v) is 22.4. The van der Waals surface area contributed by atoms with Gasteiger partial charge in [0.25, 0.3) is 5.91 Å². The third-order valence-corrected chi connectivity index (χ3v) is 7.01. The zero-order valence-electron chi connectivity index (χ0n) is 22.4. The van der Waals surface area contributed by atoms with Crippen LogP contribution in [0.3, 0.4) is 0 Å². The Hall–Kier alpha value is -5.29. The van der Waals surface area contributed by atoms with Crippen LogP contribution in [0.2, 0.25) is 0 Å². The minimum Gasteiger partial charge on any atom is -0.493 e. The van der Waals surface area contributed by atoms with E-state index >= 15 is 0 Å². The second kappa shape index (κ2) is 12.3. The summed E-state index contributed by atoms with van der Waals surface area (Å²) in [6, 6.07) is 29.5. The fourth-order valence-electron chi connectivity index (χ4n) is 4.90. The number of fused-ring (bicyclic) bond motifs is 1. The van der Waals surface area contributed by atoms with Crippen LogP contribution in [0.1, 0.15) is 33.9 Å².